The Bertz CT molecular complexity index is 245. The van der Waals surface area contributed by atoms with Gasteiger partial charge in [0.1, 0.15) is 13.2 Å². The Kier molecular flexibility index (Phi) is 4.88. The number of nitrogens with zero attached hydrogens (tertiary/aromatic N) is 1. The lowest BCUT2D eigenvalue weighted by Gasteiger charge is -2.25. The molecule has 0 aliphatic carbocycles. The normalized spacial score (nSPS) is 20.7. The summed E-state index contributed by atoms with van der Waals surface area (Å²) < 4.78 is 16.0. The molecule has 0 aliphatic rings. The van der Waals surface area contributed by atoms with E-state index >= 15 is 0 Å². The van der Waals surface area contributed by atoms with Gasteiger partial charge in [0.05, 0.1) is 21.1 Å². The second-order valence-electron chi connectivity index (χ2n) is 4.52. The van der Waals surface area contributed by atoms with Gasteiger partial charge in [-0.1, -0.05) is 0 Å². The number of aliphatic hydroxyl groups is 1. The summed E-state index contributed by atoms with van der Waals surface area (Å²) in [5.41, 5.74) is 2.70. The van der Waals surface area contributed by atoms with Crippen LogP contribution in [0.2, 0.25) is 0 Å². The van der Waals surface area contributed by atoms with Gasteiger partial charge in [-0.2, -0.15) is 0 Å². The third-order valence-corrected chi connectivity index (χ3v) is 3.02. The molecule has 92 valence electrons. The molecule has 0 fully saturated rings. The van der Waals surface area contributed by atoms with Crippen molar-refractivity contribution in [3.8, 4) is 0 Å². The van der Waals surface area contributed by atoms with Gasteiger partial charge >= 0.3 is 7.60 Å². The third-order valence-electron chi connectivity index (χ3n) is 1.57. The summed E-state index contributed by atoms with van der Waals surface area (Å²) in [7, 11) is 1.44. The van der Waals surface area contributed by atoms with E-state index in [9.17, 15) is 4.57 Å². The lowest BCUT2D eigenvalue weighted by atomic mass is 10.5. The van der Waals surface area contributed by atoms with Crippen molar-refractivity contribution < 1.29 is 28.6 Å². The molecule has 7 nitrogen and oxygen atoms in total. The minimum absolute atomic E-state index is 0.129. The number of rotatable bonds is 6. The summed E-state index contributed by atoms with van der Waals surface area (Å²) in [5.74, 6) is 0. The van der Waals surface area contributed by atoms with Gasteiger partial charge in [-0.25, -0.2) is 4.89 Å². The molecule has 0 aromatic heterocycles. The van der Waals surface area contributed by atoms with Crippen molar-refractivity contribution >= 4 is 7.60 Å². The molecule has 0 spiro atoms. The van der Waals surface area contributed by atoms with E-state index in [1.165, 1.54) is 0 Å². The van der Waals surface area contributed by atoms with Crippen LogP contribution >= 0.6 is 7.60 Å². The lowest BCUT2D eigenvalue weighted by molar-refractivity contribution is -0.871. The van der Waals surface area contributed by atoms with Crippen LogP contribution in [0.1, 0.15) is 6.92 Å². The SMILES string of the molecule is CC(N)(O)P(=O)(O)OOCC[N+](C)(C)C. The fraction of sp³-hybridized carbons (Fsp3) is 1.00. The van der Waals surface area contributed by atoms with E-state index in [4.69, 9.17) is 15.7 Å². The molecule has 0 rings (SSSR count). The first-order valence-electron chi connectivity index (χ1n) is 4.41. The van der Waals surface area contributed by atoms with E-state index in [0.717, 1.165) is 6.92 Å². The highest BCUT2D eigenvalue weighted by Crippen LogP contribution is 2.50. The maximum atomic E-state index is 11.2. The second kappa shape index (κ2) is 4.88. The molecule has 0 amide bonds. The van der Waals surface area contributed by atoms with E-state index in [2.05, 4.69) is 9.56 Å². The molecule has 2 unspecified atom stereocenters. The van der Waals surface area contributed by atoms with Gasteiger partial charge in [-0.05, 0) is 6.92 Å². The quantitative estimate of drug-likeness (QED) is 0.144. The topological polar surface area (TPSA) is 102 Å². The van der Waals surface area contributed by atoms with Gasteiger partial charge in [0.2, 0.25) is 5.47 Å². The van der Waals surface area contributed by atoms with E-state index in [1.54, 1.807) is 0 Å². The molecule has 0 bridgehead atoms. The molecular weight excluding hydrogens is 223 g/mol. The highest BCUT2D eigenvalue weighted by molar-refractivity contribution is 7.54. The molecule has 0 aromatic rings. The van der Waals surface area contributed by atoms with Crippen LogP contribution in [0.5, 0.6) is 0 Å². The summed E-state index contributed by atoms with van der Waals surface area (Å²) in [6, 6.07) is 0. The van der Waals surface area contributed by atoms with Crippen LogP contribution in [-0.4, -0.2) is 54.2 Å². The highest BCUT2D eigenvalue weighted by Gasteiger charge is 2.41. The Hall–Kier alpha value is -0.0100. The molecule has 0 saturated carbocycles. The number of likely N-dealkylation sites (N-methyl/N-ethyl adjacent to an activating group) is 1. The molecule has 4 N–H and O–H groups in total. The second-order valence-corrected chi connectivity index (χ2v) is 6.62. The molecule has 0 saturated heterocycles. The standard InChI is InChI=1S/C7H19N2O5P/c1-7(8,10)15(11,12)14-13-6-5-9(2,3)4/h10H,5-6,8H2,1-4H3/p+1. The summed E-state index contributed by atoms with van der Waals surface area (Å²) in [6.07, 6.45) is 0. The van der Waals surface area contributed by atoms with E-state index in [1.807, 2.05) is 21.1 Å². The van der Waals surface area contributed by atoms with Gasteiger partial charge in [-0.3, -0.25) is 10.3 Å². The average molecular weight is 243 g/mol. The van der Waals surface area contributed by atoms with E-state index in [-0.39, 0.29) is 6.61 Å². The molecule has 15 heavy (non-hydrogen) atoms. The van der Waals surface area contributed by atoms with Crippen LogP contribution in [0.15, 0.2) is 0 Å². The zero-order valence-electron chi connectivity index (χ0n) is 9.51. The van der Waals surface area contributed by atoms with Crippen LogP contribution in [0.3, 0.4) is 0 Å². The molecule has 0 aliphatic heterocycles. The molecule has 0 radical (unpaired) electrons. The van der Waals surface area contributed by atoms with Crippen LogP contribution in [-0.2, 0) is 14.1 Å². The van der Waals surface area contributed by atoms with Crippen molar-refractivity contribution in [3.05, 3.63) is 0 Å². The Labute approximate surface area is 89.4 Å². The van der Waals surface area contributed by atoms with Crippen LogP contribution in [0, 0.1) is 0 Å². The Morgan fingerprint density at radius 3 is 2.27 bits per heavy atom. The number of nitrogens with two attached hydrogens (primary N) is 1. The minimum Gasteiger partial charge on any atom is -0.366 e. The van der Waals surface area contributed by atoms with E-state index in [0.29, 0.717) is 11.0 Å². The first-order chi connectivity index (χ1) is 6.46. The summed E-state index contributed by atoms with van der Waals surface area (Å²) in [4.78, 5) is 13.6. The molecule has 0 heterocycles. The van der Waals surface area contributed by atoms with Gasteiger partial charge in [0.25, 0.3) is 0 Å². The Morgan fingerprint density at radius 2 is 1.93 bits per heavy atom. The zero-order chi connectivity index (χ0) is 12.3. The summed E-state index contributed by atoms with van der Waals surface area (Å²) in [5, 5.41) is 9.06. The smallest absolute Gasteiger partial charge is 0.366 e. The minimum atomic E-state index is -4.35. The predicted molar refractivity (Wildman–Crippen MR) is 54.6 cm³/mol. The fourth-order valence-corrected chi connectivity index (χ4v) is 0.864. The van der Waals surface area contributed by atoms with Crippen LogP contribution < -0.4 is 5.73 Å². The Morgan fingerprint density at radius 1 is 1.47 bits per heavy atom. The Balaban J connectivity index is 3.93. The van der Waals surface area contributed by atoms with Crippen molar-refractivity contribution in [1.29, 1.82) is 0 Å². The zero-order valence-corrected chi connectivity index (χ0v) is 10.4. The van der Waals surface area contributed by atoms with Crippen LogP contribution in [0.4, 0.5) is 0 Å². The fourth-order valence-electron chi connectivity index (χ4n) is 0.495. The molecule has 8 heteroatoms. The summed E-state index contributed by atoms with van der Waals surface area (Å²) >= 11 is 0. The lowest BCUT2D eigenvalue weighted by Crippen LogP contribution is -2.38. The van der Waals surface area contributed by atoms with Gasteiger partial charge < -0.3 is 14.5 Å². The highest BCUT2D eigenvalue weighted by atomic mass is 31.2. The number of hydrogen-bond donors (Lipinski definition) is 3. The van der Waals surface area contributed by atoms with Gasteiger partial charge in [-0.15, -0.1) is 4.67 Å². The predicted octanol–water partition coefficient (Wildman–Crippen LogP) is -0.549. The van der Waals surface area contributed by atoms with E-state index < -0.39 is 13.1 Å². The maximum absolute atomic E-state index is 11.2. The van der Waals surface area contributed by atoms with Gasteiger partial charge in [0, 0.05) is 0 Å². The van der Waals surface area contributed by atoms with Crippen LogP contribution in [0.25, 0.3) is 0 Å². The number of hydrogen-bond acceptors (Lipinski definition) is 5. The van der Waals surface area contributed by atoms with Crippen molar-refractivity contribution in [1.82, 2.24) is 0 Å². The van der Waals surface area contributed by atoms with Crippen molar-refractivity contribution in [2.75, 3.05) is 34.3 Å². The first-order valence-corrected chi connectivity index (χ1v) is 5.99. The molecular formula is C7H20N2O5P+. The largest absolute Gasteiger partial charge is 0.400 e. The molecule has 2 atom stereocenters. The summed E-state index contributed by atoms with van der Waals surface area (Å²) in [6.45, 7) is 1.69. The number of quaternary nitrogens is 1. The maximum Gasteiger partial charge on any atom is 0.400 e. The van der Waals surface area contributed by atoms with Crippen molar-refractivity contribution in [3.63, 3.8) is 0 Å². The van der Waals surface area contributed by atoms with Crippen molar-refractivity contribution in [2.45, 2.75) is 12.4 Å². The molecule has 0 aromatic carbocycles. The third kappa shape index (κ3) is 6.21. The first kappa shape index (κ1) is 15.0. The van der Waals surface area contributed by atoms with Gasteiger partial charge in [0.15, 0.2) is 0 Å². The average Bonchev–Trinajstić information content (AvgIpc) is 1.94. The van der Waals surface area contributed by atoms with Crippen molar-refractivity contribution in [2.24, 2.45) is 5.73 Å². The monoisotopic (exact) mass is 243 g/mol.